The third-order valence-corrected chi connectivity index (χ3v) is 13.6. The lowest BCUT2D eigenvalue weighted by atomic mass is 9.69. The maximum atomic E-state index is 14.9. The Hall–Kier alpha value is -4.33. The molecule has 6 atom stereocenters. The van der Waals surface area contributed by atoms with Gasteiger partial charge in [0.15, 0.2) is 0 Å². The van der Waals surface area contributed by atoms with E-state index in [0.29, 0.717) is 43.8 Å². The Morgan fingerprint density at radius 2 is 1.69 bits per heavy atom. The molecule has 0 spiro atoms. The summed E-state index contributed by atoms with van der Waals surface area (Å²) in [7, 11) is 1.65. The van der Waals surface area contributed by atoms with Crippen LogP contribution in [0, 0.1) is 47.3 Å². The van der Waals surface area contributed by atoms with Crippen molar-refractivity contribution in [2.75, 3.05) is 7.11 Å². The second kappa shape index (κ2) is 17.5. The van der Waals surface area contributed by atoms with Gasteiger partial charge in [0.1, 0.15) is 40.7 Å². The summed E-state index contributed by atoms with van der Waals surface area (Å²) in [6.07, 6.45) is 12.6. The van der Waals surface area contributed by atoms with Crippen LogP contribution in [0.15, 0.2) is 54.6 Å². The molecule has 4 aliphatic carbocycles. The topological polar surface area (TPSA) is 113 Å². The van der Waals surface area contributed by atoms with Gasteiger partial charge in [-0.15, -0.1) is 6.58 Å². The number of carbonyl (C=O) groups excluding carboxylic acids is 5. The summed E-state index contributed by atoms with van der Waals surface area (Å²) in [4.78, 5) is 68.4. The quantitative estimate of drug-likeness (QED) is 0.108. The summed E-state index contributed by atoms with van der Waals surface area (Å²) in [5.74, 6) is -0.393. The van der Waals surface area contributed by atoms with E-state index in [0.717, 1.165) is 64.5 Å². The number of fused-ring (bicyclic) bond motifs is 1. The highest BCUT2D eigenvalue weighted by Gasteiger charge is 2.59. The summed E-state index contributed by atoms with van der Waals surface area (Å²) >= 11 is 0. The fourth-order valence-corrected chi connectivity index (χ4v) is 10.1. The Morgan fingerprint density at radius 1 is 0.983 bits per heavy atom. The molecule has 3 saturated carbocycles. The summed E-state index contributed by atoms with van der Waals surface area (Å²) < 4.78 is 18.1. The molecule has 0 amide bonds. The number of benzene rings is 2. The number of hydrogen-bond acceptors (Lipinski definition) is 8. The molecule has 0 N–H and O–H groups in total. The predicted molar refractivity (Wildman–Crippen MR) is 228 cm³/mol. The van der Waals surface area contributed by atoms with Crippen molar-refractivity contribution in [2.24, 2.45) is 40.4 Å². The number of ketones is 4. The van der Waals surface area contributed by atoms with E-state index >= 15 is 0 Å². The Labute approximate surface area is 345 Å². The number of aryl methyl sites for hydroxylation is 1. The zero-order valence-electron chi connectivity index (χ0n) is 36.0. The second-order valence-corrected chi connectivity index (χ2v) is 19.1. The highest BCUT2D eigenvalue weighted by Crippen LogP contribution is 2.58. The van der Waals surface area contributed by atoms with Gasteiger partial charge >= 0.3 is 5.97 Å². The van der Waals surface area contributed by atoms with Crippen LogP contribution in [-0.4, -0.2) is 48.4 Å². The van der Waals surface area contributed by atoms with Crippen molar-refractivity contribution in [1.82, 2.24) is 0 Å². The fourth-order valence-electron chi connectivity index (χ4n) is 10.1. The van der Waals surface area contributed by atoms with E-state index < -0.39 is 34.7 Å². The molecule has 0 saturated heterocycles. The summed E-state index contributed by atoms with van der Waals surface area (Å²) in [5, 5.41) is 1.84. The first kappa shape index (κ1) is 43.3. The molecule has 0 bridgehead atoms. The molecule has 0 heterocycles. The normalized spacial score (nSPS) is 25.0. The monoisotopic (exact) mass is 792 g/mol. The number of hydrogen-bond donors (Lipinski definition) is 0. The minimum atomic E-state index is -0.764. The number of Topliss-reactive ketones (excluding diaryl/α,β-unsaturated/α-hetero) is 4. The van der Waals surface area contributed by atoms with Crippen LogP contribution in [-0.2, 0) is 28.7 Å². The molecule has 8 nitrogen and oxygen atoms in total. The van der Waals surface area contributed by atoms with Gasteiger partial charge in [-0.3, -0.25) is 24.0 Å². The average Bonchev–Trinajstić information content (AvgIpc) is 3.56. The first-order chi connectivity index (χ1) is 27.4. The zero-order chi connectivity index (χ0) is 42.1. The van der Waals surface area contributed by atoms with E-state index in [9.17, 15) is 24.0 Å². The van der Waals surface area contributed by atoms with Crippen molar-refractivity contribution in [1.29, 1.82) is 0 Å². The van der Waals surface area contributed by atoms with Crippen molar-refractivity contribution >= 4 is 45.4 Å². The van der Waals surface area contributed by atoms with Gasteiger partial charge in [0.25, 0.3) is 0 Å². The van der Waals surface area contributed by atoms with Crippen LogP contribution in [0.5, 0.6) is 11.5 Å². The van der Waals surface area contributed by atoms with Crippen LogP contribution < -0.4 is 9.47 Å². The van der Waals surface area contributed by atoms with Gasteiger partial charge in [0, 0.05) is 47.8 Å². The third-order valence-electron chi connectivity index (χ3n) is 13.6. The molecule has 4 aliphatic rings. The van der Waals surface area contributed by atoms with E-state index in [1.54, 1.807) is 20.1 Å². The summed E-state index contributed by atoms with van der Waals surface area (Å²) in [5.41, 5.74) is 2.56. The maximum Gasteiger partial charge on any atom is 0.310 e. The van der Waals surface area contributed by atoms with Crippen molar-refractivity contribution < 1.29 is 38.2 Å². The Morgan fingerprint density at radius 3 is 2.31 bits per heavy atom. The van der Waals surface area contributed by atoms with E-state index in [-0.39, 0.29) is 60.4 Å². The molecule has 2 aromatic carbocycles. The smallest absolute Gasteiger partial charge is 0.310 e. The minimum Gasteiger partial charge on any atom is -0.496 e. The molecule has 0 aliphatic heterocycles. The highest BCUT2D eigenvalue weighted by molar-refractivity contribution is 5.99. The molecule has 3 fully saturated rings. The van der Waals surface area contributed by atoms with Crippen LogP contribution in [0.3, 0.4) is 0 Å². The Balaban J connectivity index is 1.33. The molecule has 0 aromatic heterocycles. The largest absolute Gasteiger partial charge is 0.496 e. The lowest BCUT2D eigenvalue weighted by Crippen LogP contribution is -2.38. The number of rotatable bonds is 18. The summed E-state index contributed by atoms with van der Waals surface area (Å²) in [6.45, 7) is 17.2. The van der Waals surface area contributed by atoms with E-state index in [2.05, 4.69) is 18.7 Å². The first-order valence-corrected chi connectivity index (χ1v) is 21.5. The molecular formula is C50H64O8. The number of allylic oxidation sites excluding steroid dienone is 4. The van der Waals surface area contributed by atoms with E-state index in [4.69, 9.17) is 14.2 Å². The van der Waals surface area contributed by atoms with Gasteiger partial charge in [0.05, 0.1) is 19.6 Å². The SMILES string of the molecule is C=CC1CC1(CC(=O)C1CC(Oc2cc(C3=CCC(CC(=O)OC(C)C)=C3)cc3c(C)c(OC)ccc23)CC1C(=O)C(CC(=O)CC1CCCC1)C(C)(C)C)C(C)=O. The lowest BCUT2D eigenvalue weighted by Gasteiger charge is -2.33. The van der Waals surface area contributed by atoms with Gasteiger partial charge < -0.3 is 14.2 Å². The van der Waals surface area contributed by atoms with Gasteiger partial charge in [-0.25, -0.2) is 0 Å². The molecular weight excluding hydrogens is 729 g/mol. The van der Waals surface area contributed by atoms with Gasteiger partial charge in [-0.2, -0.15) is 0 Å². The van der Waals surface area contributed by atoms with Crippen molar-refractivity contribution in [3.63, 3.8) is 0 Å². The van der Waals surface area contributed by atoms with Crippen LogP contribution in [0.1, 0.15) is 130 Å². The van der Waals surface area contributed by atoms with Gasteiger partial charge in [-0.1, -0.05) is 70.3 Å². The minimum absolute atomic E-state index is 0.0196. The standard InChI is InChI=1S/C50H64O8/c1-10-36-27-50(36,31(5)51)28-44(53)41-25-38(26-42(41)48(55)43(49(6,7)8)24-37(52)20-32-13-11-12-14-32)58-46-23-35(22-40-30(4)45(56-9)18-17-39(40)46)34-16-15-33(19-34)21-47(54)57-29(2)3/h10,16-19,22-23,29,32,36,38,41-43H,1,11-15,20-21,24-28H2,2-9H3. The molecule has 8 heteroatoms. The van der Waals surface area contributed by atoms with E-state index in [1.807, 2.05) is 65.8 Å². The Kier molecular flexibility index (Phi) is 13.0. The molecule has 0 radical (unpaired) electrons. The van der Waals surface area contributed by atoms with E-state index in [1.165, 1.54) is 0 Å². The molecule has 312 valence electrons. The van der Waals surface area contributed by atoms with Crippen molar-refractivity contribution in [2.45, 2.75) is 138 Å². The fraction of sp³-hybridized carbons (Fsp3) is 0.580. The third kappa shape index (κ3) is 9.42. The number of carbonyl (C=O) groups is 5. The molecule has 6 rings (SSSR count). The second-order valence-electron chi connectivity index (χ2n) is 19.1. The lowest BCUT2D eigenvalue weighted by molar-refractivity contribution is -0.146. The first-order valence-electron chi connectivity index (χ1n) is 21.5. The molecule has 58 heavy (non-hydrogen) atoms. The van der Waals surface area contributed by atoms with Crippen molar-refractivity contribution in [3.8, 4) is 11.5 Å². The van der Waals surface area contributed by atoms with Crippen LogP contribution >= 0.6 is 0 Å². The van der Waals surface area contributed by atoms with Crippen molar-refractivity contribution in [3.05, 3.63) is 65.8 Å². The average molecular weight is 793 g/mol. The Bertz CT molecular complexity index is 2020. The number of methoxy groups -OCH3 is 1. The maximum absolute atomic E-state index is 14.9. The number of ether oxygens (including phenoxy) is 3. The molecule has 2 aromatic rings. The summed E-state index contributed by atoms with van der Waals surface area (Å²) in [6, 6.07) is 8.04. The van der Waals surface area contributed by atoms with Gasteiger partial charge in [-0.05, 0) is 117 Å². The highest BCUT2D eigenvalue weighted by atomic mass is 16.5. The van der Waals surface area contributed by atoms with Crippen LogP contribution in [0.4, 0.5) is 0 Å². The number of esters is 1. The van der Waals surface area contributed by atoms with Crippen LogP contribution in [0.2, 0.25) is 0 Å². The predicted octanol–water partition coefficient (Wildman–Crippen LogP) is 10.5. The zero-order valence-corrected chi connectivity index (χ0v) is 36.0. The molecule has 6 unspecified atom stereocenters. The van der Waals surface area contributed by atoms with Crippen LogP contribution in [0.25, 0.3) is 16.3 Å². The van der Waals surface area contributed by atoms with Gasteiger partial charge in [0.2, 0.25) is 0 Å².